The molecule has 1 aliphatic heterocycles. The minimum atomic E-state index is -0.730. The van der Waals surface area contributed by atoms with Gasteiger partial charge in [0.1, 0.15) is 10.7 Å². The Morgan fingerprint density at radius 1 is 1.14 bits per heavy atom. The predicted octanol–water partition coefficient (Wildman–Crippen LogP) is 4.21. The minimum Gasteiger partial charge on any atom is -0.454 e. The maximum Gasteiger partial charge on any atom is 0.433 e. The Kier molecular flexibility index (Phi) is 4.47. The molecular weight excluding hydrogens is 378 g/mol. The molecule has 0 atom stereocenters. The van der Waals surface area contributed by atoms with Gasteiger partial charge in [-0.15, -0.1) is 0 Å². The maximum atomic E-state index is 13.1. The van der Waals surface area contributed by atoms with Gasteiger partial charge in [0.2, 0.25) is 0 Å². The summed E-state index contributed by atoms with van der Waals surface area (Å²) in [5.41, 5.74) is 1.27. The molecule has 1 N–H and O–H groups in total. The molecule has 3 aromatic rings. The van der Waals surface area contributed by atoms with Crippen LogP contribution < -0.4 is 15.0 Å². The van der Waals surface area contributed by atoms with E-state index in [9.17, 15) is 19.7 Å². The van der Waals surface area contributed by atoms with Crippen LogP contribution in [-0.4, -0.2) is 23.3 Å². The lowest BCUT2D eigenvalue weighted by Gasteiger charge is -2.19. The van der Waals surface area contributed by atoms with Crippen molar-refractivity contribution in [1.82, 2.24) is 0 Å². The van der Waals surface area contributed by atoms with E-state index in [4.69, 9.17) is 9.15 Å². The lowest BCUT2D eigenvalue weighted by molar-refractivity contribution is -0.402. The van der Waals surface area contributed by atoms with Gasteiger partial charge >= 0.3 is 5.88 Å². The molecule has 0 unspecified atom stereocenters. The SMILES string of the molecule is CCN1C(=O)c2cc(NC(=O)c3ccc([N+](=O)[O-])o3)ccc2Oc2ccccc21. The molecule has 2 aromatic carbocycles. The van der Waals surface area contributed by atoms with Gasteiger partial charge in [-0.2, -0.15) is 0 Å². The van der Waals surface area contributed by atoms with E-state index in [0.717, 1.165) is 6.07 Å². The smallest absolute Gasteiger partial charge is 0.433 e. The number of fused-ring (bicyclic) bond motifs is 2. The number of nitro groups is 1. The number of ether oxygens (including phenoxy) is 1. The molecule has 29 heavy (non-hydrogen) atoms. The number of benzene rings is 2. The summed E-state index contributed by atoms with van der Waals surface area (Å²) in [4.78, 5) is 36.9. The van der Waals surface area contributed by atoms with Crippen LogP contribution in [0.25, 0.3) is 0 Å². The van der Waals surface area contributed by atoms with E-state index < -0.39 is 16.7 Å². The van der Waals surface area contributed by atoms with Crippen LogP contribution in [0.5, 0.6) is 11.5 Å². The number of carbonyl (C=O) groups is 2. The number of anilines is 2. The average molecular weight is 393 g/mol. The number of para-hydroxylation sites is 2. The summed E-state index contributed by atoms with van der Waals surface area (Å²) in [5, 5.41) is 13.3. The van der Waals surface area contributed by atoms with Crippen LogP contribution >= 0.6 is 0 Å². The third-order valence-corrected chi connectivity index (χ3v) is 4.40. The van der Waals surface area contributed by atoms with Crippen LogP contribution in [0.3, 0.4) is 0 Å². The van der Waals surface area contributed by atoms with E-state index in [-0.39, 0.29) is 17.2 Å². The topological polar surface area (TPSA) is 115 Å². The number of amides is 2. The van der Waals surface area contributed by atoms with E-state index in [2.05, 4.69) is 5.32 Å². The van der Waals surface area contributed by atoms with Crippen LogP contribution in [-0.2, 0) is 0 Å². The van der Waals surface area contributed by atoms with Gasteiger partial charge in [-0.05, 0) is 43.3 Å². The van der Waals surface area contributed by atoms with Gasteiger partial charge in [0.15, 0.2) is 11.5 Å². The van der Waals surface area contributed by atoms with Crippen LogP contribution in [0.2, 0.25) is 0 Å². The normalized spacial score (nSPS) is 12.4. The first-order valence-corrected chi connectivity index (χ1v) is 8.76. The monoisotopic (exact) mass is 393 g/mol. The second-order valence-electron chi connectivity index (χ2n) is 6.18. The molecule has 0 saturated heterocycles. The fraction of sp³-hybridized carbons (Fsp3) is 0.100. The summed E-state index contributed by atoms with van der Waals surface area (Å²) >= 11 is 0. The van der Waals surface area contributed by atoms with Crippen molar-refractivity contribution in [3.05, 3.63) is 76.0 Å². The molecule has 146 valence electrons. The number of carbonyl (C=O) groups excluding carboxylic acids is 2. The number of furan rings is 1. The molecule has 9 nitrogen and oxygen atoms in total. The first-order valence-electron chi connectivity index (χ1n) is 8.76. The molecule has 9 heteroatoms. The second-order valence-corrected chi connectivity index (χ2v) is 6.18. The van der Waals surface area contributed by atoms with E-state index >= 15 is 0 Å². The van der Waals surface area contributed by atoms with Crippen molar-refractivity contribution in [1.29, 1.82) is 0 Å². The fourth-order valence-electron chi connectivity index (χ4n) is 3.06. The number of nitrogens with one attached hydrogen (secondary N) is 1. The van der Waals surface area contributed by atoms with Crippen molar-refractivity contribution < 1.29 is 23.7 Å². The zero-order chi connectivity index (χ0) is 20.5. The van der Waals surface area contributed by atoms with Crippen molar-refractivity contribution in [2.75, 3.05) is 16.8 Å². The molecule has 2 heterocycles. The average Bonchev–Trinajstić information content (AvgIpc) is 3.17. The Balaban J connectivity index is 1.65. The molecular formula is C20H15N3O6. The summed E-state index contributed by atoms with van der Waals surface area (Å²) < 4.78 is 10.8. The summed E-state index contributed by atoms with van der Waals surface area (Å²) in [5.74, 6) is -0.757. The summed E-state index contributed by atoms with van der Waals surface area (Å²) in [6.07, 6.45) is 0. The lowest BCUT2D eigenvalue weighted by Crippen LogP contribution is -2.29. The van der Waals surface area contributed by atoms with Crippen molar-refractivity contribution in [3.63, 3.8) is 0 Å². The van der Waals surface area contributed by atoms with Crippen molar-refractivity contribution >= 4 is 29.1 Å². The van der Waals surface area contributed by atoms with E-state index in [1.54, 1.807) is 29.2 Å². The standard InChI is InChI=1S/C20H15N3O6/c1-2-22-14-5-3-4-6-16(14)28-15-8-7-12(11-13(15)20(22)25)21-19(24)17-9-10-18(29-17)23(26)27/h3-11H,2H2,1H3,(H,21,24). The zero-order valence-corrected chi connectivity index (χ0v) is 15.2. The first kappa shape index (κ1) is 18.2. The number of rotatable bonds is 4. The second kappa shape index (κ2) is 7.12. The molecule has 0 aliphatic carbocycles. The largest absolute Gasteiger partial charge is 0.454 e. The van der Waals surface area contributed by atoms with Crippen LogP contribution in [0.1, 0.15) is 27.8 Å². The molecule has 4 rings (SSSR count). The third kappa shape index (κ3) is 3.29. The lowest BCUT2D eigenvalue weighted by atomic mass is 10.1. The van der Waals surface area contributed by atoms with Gasteiger partial charge < -0.3 is 19.4 Å². The third-order valence-electron chi connectivity index (χ3n) is 4.40. The minimum absolute atomic E-state index is 0.211. The van der Waals surface area contributed by atoms with Gasteiger partial charge in [-0.1, -0.05) is 12.1 Å². The van der Waals surface area contributed by atoms with E-state index in [0.29, 0.717) is 29.4 Å². The highest BCUT2D eigenvalue weighted by Gasteiger charge is 2.27. The fourth-order valence-corrected chi connectivity index (χ4v) is 3.06. The number of hydrogen-bond donors (Lipinski definition) is 1. The quantitative estimate of drug-likeness (QED) is 0.524. The van der Waals surface area contributed by atoms with Gasteiger partial charge in [0.05, 0.1) is 17.3 Å². The van der Waals surface area contributed by atoms with Crippen LogP contribution in [0, 0.1) is 10.1 Å². The Bertz CT molecular complexity index is 1140. The van der Waals surface area contributed by atoms with E-state index in [1.165, 1.54) is 12.1 Å². The molecule has 0 saturated carbocycles. The summed E-state index contributed by atoms with van der Waals surface area (Å²) in [7, 11) is 0. The molecule has 2 amide bonds. The van der Waals surface area contributed by atoms with Crippen molar-refractivity contribution in [2.24, 2.45) is 0 Å². The van der Waals surface area contributed by atoms with Crippen molar-refractivity contribution in [2.45, 2.75) is 6.92 Å². The van der Waals surface area contributed by atoms with Gasteiger partial charge in [-0.25, -0.2) is 0 Å². The highest BCUT2D eigenvalue weighted by molar-refractivity contribution is 6.11. The van der Waals surface area contributed by atoms with Gasteiger partial charge in [0.25, 0.3) is 11.8 Å². The molecule has 1 aromatic heterocycles. The molecule has 0 bridgehead atoms. The van der Waals surface area contributed by atoms with Crippen LogP contribution in [0.4, 0.5) is 17.3 Å². The summed E-state index contributed by atoms with van der Waals surface area (Å²) in [6, 6.07) is 14.2. The molecule has 0 fully saturated rings. The van der Waals surface area contributed by atoms with Gasteiger partial charge in [-0.3, -0.25) is 19.7 Å². The number of nitrogens with zero attached hydrogens (tertiary/aromatic N) is 2. The Morgan fingerprint density at radius 2 is 1.93 bits per heavy atom. The van der Waals surface area contributed by atoms with E-state index in [1.807, 2.05) is 19.1 Å². The Morgan fingerprint density at radius 3 is 2.66 bits per heavy atom. The zero-order valence-electron chi connectivity index (χ0n) is 15.2. The van der Waals surface area contributed by atoms with Gasteiger partial charge in [0, 0.05) is 12.2 Å². The Labute approximate surface area is 164 Å². The highest BCUT2D eigenvalue weighted by Crippen LogP contribution is 2.39. The maximum absolute atomic E-state index is 13.1. The molecule has 0 radical (unpaired) electrons. The Hall–Kier alpha value is -4.14. The highest BCUT2D eigenvalue weighted by atomic mass is 16.6. The van der Waals surface area contributed by atoms with Crippen LogP contribution in [0.15, 0.2) is 59.0 Å². The van der Waals surface area contributed by atoms with Crippen molar-refractivity contribution in [3.8, 4) is 11.5 Å². The number of hydrogen-bond acceptors (Lipinski definition) is 6. The predicted molar refractivity (Wildman–Crippen MR) is 104 cm³/mol. The first-order chi connectivity index (χ1) is 14.0. The molecule has 0 spiro atoms. The summed E-state index contributed by atoms with van der Waals surface area (Å²) in [6.45, 7) is 2.29. The molecule has 1 aliphatic rings.